The van der Waals surface area contributed by atoms with E-state index in [1.807, 2.05) is 0 Å². The standard InChI is InChI=1S/C13H19F2NO/c1-3-7-16-11(9-17-2)8-10-5-4-6-12(14)13(10)15/h4-6,11,16H,3,7-9H2,1-2H3. The normalized spacial score (nSPS) is 12.7. The van der Waals surface area contributed by atoms with Gasteiger partial charge in [0, 0.05) is 13.2 Å². The minimum atomic E-state index is -0.797. The fourth-order valence-corrected chi connectivity index (χ4v) is 1.71. The molecule has 2 nitrogen and oxygen atoms in total. The van der Waals surface area contributed by atoms with E-state index in [0.29, 0.717) is 18.6 Å². The van der Waals surface area contributed by atoms with Crippen LogP contribution in [0.1, 0.15) is 18.9 Å². The Hall–Kier alpha value is -1.00. The van der Waals surface area contributed by atoms with Crippen LogP contribution in [0.4, 0.5) is 8.78 Å². The first-order valence-corrected chi connectivity index (χ1v) is 5.84. The largest absolute Gasteiger partial charge is 0.383 e. The summed E-state index contributed by atoms with van der Waals surface area (Å²) >= 11 is 0. The average molecular weight is 243 g/mol. The highest BCUT2D eigenvalue weighted by Gasteiger charge is 2.13. The van der Waals surface area contributed by atoms with Gasteiger partial charge < -0.3 is 10.1 Å². The number of ether oxygens (including phenoxy) is 1. The van der Waals surface area contributed by atoms with Crippen LogP contribution in [0, 0.1) is 11.6 Å². The molecule has 17 heavy (non-hydrogen) atoms. The lowest BCUT2D eigenvalue weighted by atomic mass is 10.1. The Kier molecular flexibility index (Phi) is 6.08. The Morgan fingerprint density at radius 2 is 2.12 bits per heavy atom. The van der Waals surface area contributed by atoms with Crippen LogP contribution in [-0.2, 0) is 11.2 Å². The van der Waals surface area contributed by atoms with E-state index < -0.39 is 11.6 Å². The maximum absolute atomic E-state index is 13.5. The summed E-state index contributed by atoms with van der Waals surface area (Å²) in [5, 5.41) is 3.25. The van der Waals surface area contributed by atoms with Crippen LogP contribution >= 0.6 is 0 Å². The number of benzene rings is 1. The van der Waals surface area contributed by atoms with E-state index in [4.69, 9.17) is 4.74 Å². The van der Waals surface area contributed by atoms with Crippen molar-refractivity contribution in [1.82, 2.24) is 5.32 Å². The Morgan fingerprint density at radius 3 is 2.76 bits per heavy atom. The SMILES string of the molecule is CCCNC(COC)Cc1cccc(F)c1F. The second kappa shape index (κ2) is 7.35. The molecular weight excluding hydrogens is 224 g/mol. The molecular formula is C13H19F2NO. The van der Waals surface area contributed by atoms with Gasteiger partial charge in [-0.2, -0.15) is 0 Å². The quantitative estimate of drug-likeness (QED) is 0.794. The summed E-state index contributed by atoms with van der Waals surface area (Å²) in [5.74, 6) is -1.55. The Bertz CT molecular complexity index is 344. The second-order valence-electron chi connectivity index (χ2n) is 4.02. The molecule has 1 unspecified atom stereocenters. The van der Waals surface area contributed by atoms with Gasteiger partial charge in [0.15, 0.2) is 11.6 Å². The number of hydrogen-bond acceptors (Lipinski definition) is 2. The molecule has 0 saturated carbocycles. The molecule has 0 aliphatic heterocycles. The summed E-state index contributed by atoms with van der Waals surface area (Å²) in [6.07, 6.45) is 1.42. The lowest BCUT2D eigenvalue weighted by molar-refractivity contribution is 0.165. The Labute approximate surface area is 101 Å². The molecule has 0 radical (unpaired) electrons. The third-order valence-corrected chi connectivity index (χ3v) is 2.55. The highest BCUT2D eigenvalue weighted by molar-refractivity contribution is 5.20. The van der Waals surface area contributed by atoms with E-state index in [9.17, 15) is 8.78 Å². The first-order valence-electron chi connectivity index (χ1n) is 5.84. The molecule has 0 aliphatic rings. The highest BCUT2D eigenvalue weighted by atomic mass is 19.2. The second-order valence-corrected chi connectivity index (χ2v) is 4.02. The minimum Gasteiger partial charge on any atom is -0.383 e. The van der Waals surface area contributed by atoms with Crippen LogP contribution in [0.25, 0.3) is 0 Å². The predicted octanol–water partition coefficient (Wildman–Crippen LogP) is 2.52. The van der Waals surface area contributed by atoms with Gasteiger partial charge in [-0.1, -0.05) is 19.1 Å². The van der Waals surface area contributed by atoms with Crippen LogP contribution in [-0.4, -0.2) is 26.3 Å². The van der Waals surface area contributed by atoms with Gasteiger partial charge in [-0.05, 0) is 31.0 Å². The van der Waals surface area contributed by atoms with Crippen LogP contribution < -0.4 is 5.32 Å². The van der Waals surface area contributed by atoms with Gasteiger partial charge in [0.1, 0.15) is 0 Å². The topological polar surface area (TPSA) is 21.3 Å². The summed E-state index contributed by atoms with van der Waals surface area (Å²) in [6, 6.07) is 4.27. The summed E-state index contributed by atoms with van der Waals surface area (Å²) in [4.78, 5) is 0. The smallest absolute Gasteiger partial charge is 0.162 e. The van der Waals surface area contributed by atoms with Crippen LogP contribution in [0.2, 0.25) is 0 Å². The summed E-state index contributed by atoms with van der Waals surface area (Å²) in [6.45, 7) is 3.38. The molecule has 0 amide bonds. The first-order chi connectivity index (χ1) is 8.19. The number of rotatable bonds is 7. The zero-order valence-corrected chi connectivity index (χ0v) is 10.3. The van der Waals surface area contributed by atoms with Gasteiger partial charge in [-0.15, -0.1) is 0 Å². The third kappa shape index (κ3) is 4.40. The minimum absolute atomic E-state index is 0.0104. The van der Waals surface area contributed by atoms with Crippen LogP contribution in [0.15, 0.2) is 18.2 Å². The third-order valence-electron chi connectivity index (χ3n) is 2.55. The van der Waals surface area contributed by atoms with Crippen LogP contribution in [0.5, 0.6) is 0 Å². The van der Waals surface area contributed by atoms with Crippen molar-refractivity contribution >= 4 is 0 Å². The van der Waals surface area contributed by atoms with Crippen molar-refractivity contribution in [2.75, 3.05) is 20.3 Å². The van der Waals surface area contributed by atoms with Crippen molar-refractivity contribution in [2.45, 2.75) is 25.8 Å². The maximum atomic E-state index is 13.5. The fourth-order valence-electron chi connectivity index (χ4n) is 1.71. The van der Waals surface area contributed by atoms with Gasteiger partial charge in [0.25, 0.3) is 0 Å². The summed E-state index contributed by atoms with van der Waals surface area (Å²) < 4.78 is 31.6. The zero-order chi connectivity index (χ0) is 12.7. The molecule has 96 valence electrons. The zero-order valence-electron chi connectivity index (χ0n) is 10.3. The summed E-state index contributed by atoms with van der Waals surface area (Å²) in [7, 11) is 1.60. The van der Waals surface area contributed by atoms with Crippen molar-refractivity contribution in [2.24, 2.45) is 0 Å². The molecule has 1 rings (SSSR count). The average Bonchev–Trinajstić information content (AvgIpc) is 2.32. The molecule has 1 atom stereocenters. The summed E-state index contributed by atoms with van der Waals surface area (Å²) in [5.41, 5.74) is 0.385. The van der Waals surface area contributed by atoms with Gasteiger partial charge in [-0.3, -0.25) is 0 Å². The predicted molar refractivity (Wildman–Crippen MR) is 64.0 cm³/mol. The van der Waals surface area contributed by atoms with Gasteiger partial charge >= 0.3 is 0 Å². The fraction of sp³-hybridized carbons (Fsp3) is 0.538. The van der Waals surface area contributed by atoms with E-state index in [1.54, 1.807) is 13.2 Å². The molecule has 1 N–H and O–H groups in total. The maximum Gasteiger partial charge on any atom is 0.162 e. The lowest BCUT2D eigenvalue weighted by Gasteiger charge is -2.18. The van der Waals surface area contributed by atoms with Crippen molar-refractivity contribution in [3.63, 3.8) is 0 Å². The van der Waals surface area contributed by atoms with Gasteiger partial charge in [0.05, 0.1) is 6.61 Å². The van der Waals surface area contributed by atoms with E-state index in [0.717, 1.165) is 19.0 Å². The molecule has 0 heterocycles. The molecule has 0 fully saturated rings. The van der Waals surface area contributed by atoms with E-state index >= 15 is 0 Å². The van der Waals surface area contributed by atoms with E-state index in [-0.39, 0.29) is 6.04 Å². The molecule has 1 aromatic rings. The lowest BCUT2D eigenvalue weighted by Crippen LogP contribution is -2.36. The van der Waals surface area contributed by atoms with Crippen molar-refractivity contribution in [1.29, 1.82) is 0 Å². The molecule has 4 heteroatoms. The van der Waals surface area contributed by atoms with Crippen molar-refractivity contribution < 1.29 is 13.5 Å². The Balaban J connectivity index is 2.67. The first kappa shape index (κ1) is 14.1. The number of methoxy groups -OCH3 is 1. The molecule has 0 aromatic heterocycles. The Morgan fingerprint density at radius 1 is 1.35 bits per heavy atom. The molecule has 0 bridgehead atoms. The van der Waals surface area contributed by atoms with Crippen molar-refractivity contribution in [3.8, 4) is 0 Å². The molecule has 0 aliphatic carbocycles. The molecule has 0 saturated heterocycles. The van der Waals surface area contributed by atoms with Gasteiger partial charge in [-0.25, -0.2) is 8.78 Å². The number of nitrogens with one attached hydrogen (secondary N) is 1. The van der Waals surface area contributed by atoms with Crippen LogP contribution in [0.3, 0.4) is 0 Å². The van der Waals surface area contributed by atoms with Gasteiger partial charge in [0.2, 0.25) is 0 Å². The molecule has 1 aromatic carbocycles. The number of hydrogen-bond donors (Lipinski definition) is 1. The van der Waals surface area contributed by atoms with Crippen molar-refractivity contribution in [3.05, 3.63) is 35.4 Å². The highest BCUT2D eigenvalue weighted by Crippen LogP contribution is 2.13. The van der Waals surface area contributed by atoms with E-state index in [1.165, 1.54) is 6.07 Å². The molecule has 0 spiro atoms. The monoisotopic (exact) mass is 243 g/mol. The van der Waals surface area contributed by atoms with E-state index in [2.05, 4.69) is 12.2 Å². The number of halogens is 2.